The van der Waals surface area contributed by atoms with Gasteiger partial charge in [0.25, 0.3) is 0 Å². The molecule has 1 aromatic heterocycles. The third-order valence-electron chi connectivity index (χ3n) is 3.36. The molecule has 4 heteroatoms. The van der Waals surface area contributed by atoms with E-state index in [4.69, 9.17) is 11.6 Å². The molecule has 1 unspecified atom stereocenters. The quantitative estimate of drug-likeness (QED) is 0.697. The van der Waals surface area contributed by atoms with Crippen molar-refractivity contribution in [3.8, 4) is 0 Å². The Morgan fingerprint density at radius 2 is 1.95 bits per heavy atom. The zero-order chi connectivity index (χ0) is 14.1. The lowest BCUT2D eigenvalue weighted by atomic mass is 10.0. The molecule has 3 rings (SSSR count). The number of anilines is 1. The molecule has 1 atom stereocenters. The predicted octanol–water partition coefficient (Wildman–Crippen LogP) is 5.43. The lowest BCUT2D eigenvalue weighted by molar-refractivity contribution is 0.872. The van der Waals surface area contributed by atoms with Crippen molar-refractivity contribution in [3.05, 3.63) is 58.6 Å². The highest BCUT2D eigenvalue weighted by atomic mass is 35.5. The molecular weight excluding hydrogens is 288 g/mol. The monoisotopic (exact) mass is 302 g/mol. The molecule has 0 aliphatic heterocycles. The van der Waals surface area contributed by atoms with Gasteiger partial charge in [-0.05, 0) is 37.1 Å². The summed E-state index contributed by atoms with van der Waals surface area (Å²) in [7, 11) is 0. The molecule has 102 valence electrons. The number of rotatable bonds is 3. The van der Waals surface area contributed by atoms with Crippen LogP contribution in [0.5, 0.6) is 0 Å². The van der Waals surface area contributed by atoms with Crippen LogP contribution in [0.25, 0.3) is 10.2 Å². The van der Waals surface area contributed by atoms with Gasteiger partial charge in [0.15, 0.2) is 5.13 Å². The number of aromatic nitrogens is 1. The summed E-state index contributed by atoms with van der Waals surface area (Å²) in [6, 6.07) is 14.4. The van der Waals surface area contributed by atoms with Gasteiger partial charge in [0.05, 0.1) is 21.3 Å². The second-order valence-electron chi connectivity index (χ2n) is 4.83. The highest BCUT2D eigenvalue weighted by Crippen LogP contribution is 2.33. The first-order valence-corrected chi connectivity index (χ1v) is 7.71. The van der Waals surface area contributed by atoms with Crippen molar-refractivity contribution in [2.45, 2.75) is 19.9 Å². The average Bonchev–Trinajstić information content (AvgIpc) is 2.83. The predicted molar refractivity (Wildman–Crippen MR) is 87.8 cm³/mol. The average molecular weight is 303 g/mol. The summed E-state index contributed by atoms with van der Waals surface area (Å²) in [4.78, 5) is 4.59. The number of nitrogens with zero attached hydrogens (tertiary/aromatic N) is 1. The number of nitrogens with one attached hydrogen (secondary N) is 1. The van der Waals surface area contributed by atoms with E-state index in [1.165, 1.54) is 11.1 Å². The lowest BCUT2D eigenvalue weighted by Crippen LogP contribution is -2.07. The Morgan fingerprint density at radius 1 is 1.15 bits per heavy atom. The fourth-order valence-corrected chi connectivity index (χ4v) is 3.55. The van der Waals surface area contributed by atoms with Crippen LogP contribution in [0.4, 0.5) is 5.13 Å². The SMILES string of the molecule is Cc1ccccc1C(C)Nc1nc2cccc(Cl)c2s1. The van der Waals surface area contributed by atoms with Gasteiger partial charge in [-0.1, -0.05) is 53.3 Å². The van der Waals surface area contributed by atoms with Crippen LogP contribution < -0.4 is 5.32 Å². The van der Waals surface area contributed by atoms with Gasteiger partial charge in [-0.3, -0.25) is 0 Å². The van der Waals surface area contributed by atoms with Crippen LogP contribution in [-0.4, -0.2) is 4.98 Å². The largest absolute Gasteiger partial charge is 0.355 e. The van der Waals surface area contributed by atoms with E-state index in [0.29, 0.717) is 0 Å². The van der Waals surface area contributed by atoms with Crippen LogP contribution in [0.3, 0.4) is 0 Å². The summed E-state index contributed by atoms with van der Waals surface area (Å²) in [5.74, 6) is 0. The van der Waals surface area contributed by atoms with E-state index in [1.807, 2.05) is 18.2 Å². The molecule has 1 heterocycles. The molecule has 2 aromatic carbocycles. The van der Waals surface area contributed by atoms with Crippen molar-refractivity contribution in [1.29, 1.82) is 0 Å². The molecule has 0 radical (unpaired) electrons. The van der Waals surface area contributed by atoms with Gasteiger partial charge in [0.2, 0.25) is 0 Å². The minimum absolute atomic E-state index is 0.218. The fourth-order valence-electron chi connectivity index (χ4n) is 2.31. The van der Waals surface area contributed by atoms with Gasteiger partial charge in [-0.15, -0.1) is 0 Å². The Hall–Kier alpha value is -1.58. The van der Waals surface area contributed by atoms with Gasteiger partial charge in [-0.2, -0.15) is 0 Å². The highest BCUT2D eigenvalue weighted by Gasteiger charge is 2.11. The summed E-state index contributed by atoms with van der Waals surface area (Å²) < 4.78 is 1.04. The third-order valence-corrected chi connectivity index (χ3v) is 4.82. The molecule has 0 aliphatic rings. The molecule has 20 heavy (non-hydrogen) atoms. The van der Waals surface area contributed by atoms with Crippen LogP contribution in [-0.2, 0) is 0 Å². The summed E-state index contributed by atoms with van der Waals surface area (Å²) in [5, 5.41) is 5.13. The molecule has 0 bridgehead atoms. The number of benzene rings is 2. The molecule has 0 saturated carbocycles. The summed E-state index contributed by atoms with van der Waals surface area (Å²) in [5.41, 5.74) is 3.52. The Kier molecular flexibility index (Phi) is 3.64. The van der Waals surface area contributed by atoms with E-state index in [2.05, 4.69) is 48.4 Å². The summed E-state index contributed by atoms with van der Waals surface area (Å²) >= 11 is 7.79. The zero-order valence-corrected chi connectivity index (χ0v) is 12.9. The van der Waals surface area contributed by atoms with Crippen molar-refractivity contribution in [2.75, 3.05) is 5.32 Å². The number of thiazole rings is 1. The Morgan fingerprint density at radius 3 is 2.70 bits per heavy atom. The topological polar surface area (TPSA) is 24.9 Å². The first kappa shape index (κ1) is 13.4. The van der Waals surface area contributed by atoms with Crippen molar-refractivity contribution < 1.29 is 0 Å². The van der Waals surface area contributed by atoms with Crippen LogP contribution in [0.2, 0.25) is 5.02 Å². The maximum Gasteiger partial charge on any atom is 0.184 e. The first-order valence-electron chi connectivity index (χ1n) is 6.52. The molecule has 0 fully saturated rings. The molecule has 2 nitrogen and oxygen atoms in total. The van der Waals surface area contributed by atoms with Crippen molar-refractivity contribution in [3.63, 3.8) is 0 Å². The molecule has 0 amide bonds. The highest BCUT2D eigenvalue weighted by molar-refractivity contribution is 7.22. The van der Waals surface area contributed by atoms with Crippen LogP contribution >= 0.6 is 22.9 Å². The summed E-state index contributed by atoms with van der Waals surface area (Å²) in [6.07, 6.45) is 0. The molecule has 0 spiro atoms. The van der Waals surface area contributed by atoms with Gasteiger partial charge in [-0.25, -0.2) is 4.98 Å². The second kappa shape index (κ2) is 5.43. The van der Waals surface area contributed by atoms with Gasteiger partial charge in [0, 0.05) is 0 Å². The van der Waals surface area contributed by atoms with E-state index in [-0.39, 0.29) is 6.04 Å². The standard InChI is InChI=1S/C16H15ClN2S/c1-10-6-3-4-7-12(10)11(2)18-16-19-14-9-5-8-13(17)15(14)20-16/h3-9,11H,1-2H3,(H,18,19). The minimum atomic E-state index is 0.218. The summed E-state index contributed by atoms with van der Waals surface area (Å²) in [6.45, 7) is 4.28. The molecule has 1 N–H and O–H groups in total. The third kappa shape index (κ3) is 2.51. The fraction of sp³-hybridized carbons (Fsp3) is 0.188. The van der Waals surface area contributed by atoms with E-state index in [9.17, 15) is 0 Å². The maximum absolute atomic E-state index is 6.19. The number of hydrogen-bond acceptors (Lipinski definition) is 3. The van der Waals surface area contributed by atoms with E-state index >= 15 is 0 Å². The maximum atomic E-state index is 6.19. The van der Waals surface area contributed by atoms with Crippen LogP contribution in [0.1, 0.15) is 24.1 Å². The molecule has 3 aromatic rings. The molecule has 0 saturated heterocycles. The smallest absolute Gasteiger partial charge is 0.184 e. The van der Waals surface area contributed by atoms with Gasteiger partial charge < -0.3 is 5.32 Å². The number of hydrogen-bond donors (Lipinski definition) is 1. The Balaban J connectivity index is 1.90. The zero-order valence-electron chi connectivity index (χ0n) is 11.4. The van der Waals surface area contributed by atoms with E-state index < -0.39 is 0 Å². The molecular formula is C16H15ClN2S. The first-order chi connectivity index (χ1) is 9.65. The van der Waals surface area contributed by atoms with E-state index in [0.717, 1.165) is 20.4 Å². The Labute approximate surface area is 127 Å². The van der Waals surface area contributed by atoms with Crippen molar-refractivity contribution in [1.82, 2.24) is 4.98 Å². The van der Waals surface area contributed by atoms with Crippen LogP contribution in [0, 0.1) is 6.92 Å². The van der Waals surface area contributed by atoms with Crippen molar-refractivity contribution >= 4 is 38.3 Å². The number of fused-ring (bicyclic) bond motifs is 1. The Bertz CT molecular complexity index is 751. The second-order valence-corrected chi connectivity index (χ2v) is 6.24. The van der Waals surface area contributed by atoms with E-state index in [1.54, 1.807) is 11.3 Å². The molecule has 0 aliphatic carbocycles. The lowest BCUT2D eigenvalue weighted by Gasteiger charge is -2.15. The number of aryl methyl sites for hydroxylation is 1. The normalized spacial score (nSPS) is 12.6. The van der Waals surface area contributed by atoms with Gasteiger partial charge in [0.1, 0.15) is 0 Å². The number of halogens is 1. The minimum Gasteiger partial charge on any atom is -0.355 e. The van der Waals surface area contributed by atoms with Crippen molar-refractivity contribution in [2.24, 2.45) is 0 Å². The van der Waals surface area contributed by atoms with Gasteiger partial charge >= 0.3 is 0 Å². The van der Waals surface area contributed by atoms with Crippen LogP contribution in [0.15, 0.2) is 42.5 Å².